The smallest absolute Gasteiger partial charge is 0.257 e. The zero-order valence-corrected chi connectivity index (χ0v) is 12.3. The first-order chi connectivity index (χ1) is 9.67. The van der Waals surface area contributed by atoms with Crippen LogP contribution in [-0.4, -0.2) is 33.1 Å². The zero-order valence-electron chi connectivity index (χ0n) is 10.7. The highest BCUT2D eigenvalue weighted by Crippen LogP contribution is 2.29. The number of carbonyl (C=O) groups is 1. The molecule has 2 aromatic rings. The lowest BCUT2D eigenvalue weighted by molar-refractivity contribution is -0.131. The minimum atomic E-state index is -1.22. The number of amides is 1. The average Bonchev–Trinajstić information content (AvgIpc) is 3.11. The number of aromatic nitrogens is 1. The predicted octanol–water partition coefficient (Wildman–Crippen LogP) is 2.62. The molecule has 2 heterocycles. The maximum absolute atomic E-state index is 12.1. The van der Waals surface area contributed by atoms with E-state index in [1.165, 1.54) is 0 Å². The molecule has 1 aliphatic heterocycles. The Bertz CT molecular complexity index is 590. The van der Waals surface area contributed by atoms with Crippen molar-refractivity contribution in [3.8, 4) is 10.6 Å². The van der Waals surface area contributed by atoms with Crippen LogP contribution in [0.5, 0.6) is 0 Å². The fourth-order valence-corrected chi connectivity index (χ4v) is 3.93. The molecule has 0 radical (unpaired) electrons. The van der Waals surface area contributed by atoms with Gasteiger partial charge in [-0.2, -0.15) is 11.8 Å². The van der Waals surface area contributed by atoms with Crippen molar-refractivity contribution in [2.45, 2.75) is 12.0 Å². The van der Waals surface area contributed by atoms with Gasteiger partial charge in [-0.15, -0.1) is 11.3 Å². The Morgan fingerprint density at radius 1 is 1.35 bits per heavy atom. The molecule has 4 nitrogen and oxygen atoms in total. The summed E-state index contributed by atoms with van der Waals surface area (Å²) in [4.78, 5) is 16.3. The summed E-state index contributed by atoms with van der Waals surface area (Å²) in [6.07, 6.45) is 2.28. The molecule has 104 valence electrons. The Morgan fingerprint density at radius 3 is 2.75 bits per heavy atom. The van der Waals surface area contributed by atoms with Crippen molar-refractivity contribution in [2.75, 3.05) is 16.8 Å². The van der Waals surface area contributed by atoms with Gasteiger partial charge in [0.05, 0.1) is 0 Å². The van der Waals surface area contributed by atoms with Gasteiger partial charge in [-0.1, -0.05) is 0 Å². The van der Waals surface area contributed by atoms with Gasteiger partial charge in [-0.3, -0.25) is 4.79 Å². The van der Waals surface area contributed by atoms with Crippen molar-refractivity contribution in [3.05, 3.63) is 35.8 Å². The highest BCUT2D eigenvalue weighted by Gasteiger charge is 2.39. The van der Waals surface area contributed by atoms with Gasteiger partial charge in [-0.25, -0.2) is 4.98 Å². The number of carbonyl (C=O) groups excluding carboxylic acids is 1. The topological polar surface area (TPSA) is 62.2 Å². The van der Waals surface area contributed by atoms with E-state index in [-0.39, 0.29) is 5.91 Å². The fraction of sp³-hybridized carbons (Fsp3) is 0.286. The highest BCUT2D eigenvalue weighted by molar-refractivity contribution is 7.99. The maximum atomic E-state index is 12.1. The third-order valence-corrected chi connectivity index (χ3v) is 5.24. The van der Waals surface area contributed by atoms with E-state index in [1.807, 2.05) is 29.6 Å². The summed E-state index contributed by atoms with van der Waals surface area (Å²) in [5.74, 6) is 0.979. The number of nitrogens with zero attached hydrogens (tertiary/aromatic N) is 1. The first kappa shape index (κ1) is 13.6. The molecular weight excluding hydrogens is 292 g/mol. The summed E-state index contributed by atoms with van der Waals surface area (Å²) in [6.45, 7) is 0. The van der Waals surface area contributed by atoms with Gasteiger partial charge in [0.25, 0.3) is 5.91 Å². The first-order valence-corrected chi connectivity index (χ1v) is 8.32. The average molecular weight is 306 g/mol. The number of rotatable bonds is 3. The van der Waals surface area contributed by atoms with Crippen LogP contribution in [0.4, 0.5) is 5.69 Å². The summed E-state index contributed by atoms with van der Waals surface area (Å²) < 4.78 is 0. The lowest BCUT2D eigenvalue weighted by Gasteiger charge is -2.20. The Balaban J connectivity index is 1.71. The number of thioether (sulfide) groups is 1. The molecule has 0 aliphatic carbocycles. The van der Waals surface area contributed by atoms with E-state index in [1.54, 1.807) is 29.3 Å². The van der Waals surface area contributed by atoms with Gasteiger partial charge in [0.1, 0.15) is 5.01 Å². The van der Waals surface area contributed by atoms with E-state index in [0.29, 0.717) is 17.9 Å². The van der Waals surface area contributed by atoms with Crippen LogP contribution in [0.3, 0.4) is 0 Å². The lowest BCUT2D eigenvalue weighted by Crippen LogP contribution is -2.42. The molecule has 1 aromatic carbocycles. The quantitative estimate of drug-likeness (QED) is 0.915. The molecule has 1 atom stereocenters. The Morgan fingerprint density at radius 2 is 2.15 bits per heavy atom. The van der Waals surface area contributed by atoms with Crippen molar-refractivity contribution in [2.24, 2.45) is 0 Å². The van der Waals surface area contributed by atoms with Crippen LogP contribution < -0.4 is 5.32 Å². The van der Waals surface area contributed by atoms with Gasteiger partial charge in [0, 0.05) is 28.6 Å². The molecule has 1 aliphatic rings. The van der Waals surface area contributed by atoms with E-state index < -0.39 is 5.60 Å². The van der Waals surface area contributed by atoms with Crippen LogP contribution in [-0.2, 0) is 4.79 Å². The van der Waals surface area contributed by atoms with E-state index in [4.69, 9.17) is 0 Å². The Hall–Kier alpha value is -1.37. The molecule has 1 unspecified atom stereocenters. The van der Waals surface area contributed by atoms with Crippen molar-refractivity contribution in [1.29, 1.82) is 0 Å². The monoisotopic (exact) mass is 306 g/mol. The summed E-state index contributed by atoms with van der Waals surface area (Å²) >= 11 is 3.18. The summed E-state index contributed by atoms with van der Waals surface area (Å²) in [5.41, 5.74) is 0.493. The number of aliphatic hydroxyl groups is 1. The van der Waals surface area contributed by atoms with Crippen molar-refractivity contribution < 1.29 is 9.90 Å². The van der Waals surface area contributed by atoms with E-state index >= 15 is 0 Å². The molecule has 1 fully saturated rings. The molecule has 6 heteroatoms. The summed E-state index contributed by atoms with van der Waals surface area (Å²) in [5, 5.41) is 15.8. The third kappa shape index (κ3) is 2.72. The normalized spacial score (nSPS) is 21.9. The number of hydrogen-bond acceptors (Lipinski definition) is 5. The number of anilines is 1. The van der Waals surface area contributed by atoms with Gasteiger partial charge >= 0.3 is 0 Å². The molecule has 0 spiro atoms. The van der Waals surface area contributed by atoms with E-state index in [2.05, 4.69) is 10.3 Å². The molecule has 0 bridgehead atoms. The maximum Gasteiger partial charge on any atom is 0.257 e. The molecular formula is C14H14N2O2S2. The van der Waals surface area contributed by atoms with Crippen LogP contribution in [0, 0.1) is 0 Å². The Labute approximate surface area is 125 Å². The molecule has 20 heavy (non-hydrogen) atoms. The van der Waals surface area contributed by atoms with Crippen molar-refractivity contribution >= 4 is 34.7 Å². The second-order valence-corrected chi connectivity index (χ2v) is 6.70. The summed E-state index contributed by atoms with van der Waals surface area (Å²) in [7, 11) is 0. The third-order valence-electron chi connectivity index (χ3n) is 3.25. The van der Waals surface area contributed by atoms with Crippen LogP contribution in [0.1, 0.15) is 6.42 Å². The van der Waals surface area contributed by atoms with Crippen molar-refractivity contribution in [1.82, 2.24) is 4.98 Å². The van der Waals surface area contributed by atoms with Gasteiger partial charge < -0.3 is 10.4 Å². The van der Waals surface area contributed by atoms with Crippen LogP contribution >= 0.6 is 23.1 Å². The second kappa shape index (κ2) is 5.55. The van der Waals surface area contributed by atoms with Crippen LogP contribution in [0.15, 0.2) is 35.8 Å². The molecule has 1 saturated heterocycles. The fourth-order valence-electron chi connectivity index (χ4n) is 2.04. The largest absolute Gasteiger partial charge is 0.379 e. The van der Waals surface area contributed by atoms with Gasteiger partial charge in [0.2, 0.25) is 0 Å². The van der Waals surface area contributed by atoms with E-state index in [0.717, 1.165) is 16.3 Å². The van der Waals surface area contributed by atoms with Crippen LogP contribution in [0.25, 0.3) is 10.6 Å². The van der Waals surface area contributed by atoms with Crippen LogP contribution in [0.2, 0.25) is 0 Å². The predicted molar refractivity (Wildman–Crippen MR) is 83.1 cm³/mol. The number of benzene rings is 1. The number of thiazole rings is 1. The standard InChI is InChI=1S/C14H14N2O2S2/c17-13(14(18)5-7-19-9-14)16-11-3-1-10(2-4-11)12-15-6-8-20-12/h1-4,6,8,18H,5,7,9H2,(H,16,17). The van der Waals surface area contributed by atoms with Gasteiger partial charge in [0.15, 0.2) is 5.60 Å². The Kier molecular flexibility index (Phi) is 3.78. The second-order valence-electron chi connectivity index (χ2n) is 4.70. The van der Waals surface area contributed by atoms with E-state index in [9.17, 15) is 9.90 Å². The zero-order chi connectivity index (χ0) is 14.0. The number of nitrogens with one attached hydrogen (secondary N) is 1. The molecule has 2 N–H and O–H groups in total. The molecule has 0 saturated carbocycles. The molecule has 3 rings (SSSR count). The summed E-state index contributed by atoms with van der Waals surface area (Å²) in [6, 6.07) is 7.50. The minimum absolute atomic E-state index is 0.315. The van der Waals surface area contributed by atoms with Gasteiger partial charge in [-0.05, 0) is 36.4 Å². The highest BCUT2D eigenvalue weighted by atomic mass is 32.2. The minimum Gasteiger partial charge on any atom is -0.379 e. The lowest BCUT2D eigenvalue weighted by atomic mass is 10.0. The van der Waals surface area contributed by atoms with Crippen molar-refractivity contribution in [3.63, 3.8) is 0 Å². The molecule has 1 amide bonds. The molecule has 1 aromatic heterocycles. The number of hydrogen-bond donors (Lipinski definition) is 2. The SMILES string of the molecule is O=C(Nc1ccc(-c2nccs2)cc1)C1(O)CCSC1. The first-order valence-electron chi connectivity index (χ1n) is 6.29.